The molecule has 0 amide bonds. The number of morpholine rings is 1. The maximum absolute atomic E-state index is 11.2. The monoisotopic (exact) mass is 315 g/mol. The normalized spacial score (nSPS) is 17.4. The summed E-state index contributed by atoms with van der Waals surface area (Å²) in [5, 5.41) is 10.0. The Kier molecular flexibility index (Phi) is 11.3. The van der Waals surface area contributed by atoms with E-state index in [0.717, 1.165) is 58.5 Å². The molecule has 22 heavy (non-hydrogen) atoms. The van der Waals surface area contributed by atoms with Crippen molar-refractivity contribution in [3.63, 3.8) is 0 Å². The second-order valence-electron chi connectivity index (χ2n) is 6.03. The highest BCUT2D eigenvalue weighted by atomic mass is 16.5. The summed E-state index contributed by atoms with van der Waals surface area (Å²) in [5.74, 6) is -0.0752. The molecule has 0 aromatic heterocycles. The third-order valence-electron chi connectivity index (χ3n) is 4.05. The number of aliphatic hydroxyl groups is 1. The van der Waals surface area contributed by atoms with Crippen LogP contribution in [0, 0.1) is 0 Å². The van der Waals surface area contributed by atoms with Crippen LogP contribution in [0.5, 0.6) is 0 Å². The first-order valence-electron chi connectivity index (χ1n) is 8.86. The quantitative estimate of drug-likeness (QED) is 0.442. The molecule has 0 aromatic rings. The number of rotatable bonds is 12. The van der Waals surface area contributed by atoms with Gasteiger partial charge in [0.25, 0.3) is 0 Å². The van der Waals surface area contributed by atoms with E-state index in [9.17, 15) is 9.90 Å². The van der Waals surface area contributed by atoms with Crippen LogP contribution in [0.3, 0.4) is 0 Å². The third-order valence-corrected chi connectivity index (χ3v) is 4.05. The van der Waals surface area contributed by atoms with Gasteiger partial charge in [-0.05, 0) is 19.8 Å². The fourth-order valence-electron chi connectivity index (χ4n) is 2.76. The highest BCUT2D eigenvalue weighted by Gasteiger charge is 2.14. The minimum atomic E-state index is -0.207. The SMILES string of the molecule is CCOC(=O)CCCCCCCC[C@H](O)CN1CCOCC1. The molecule has 1 N–H and O–H groups in total. The van der Waals surface area contributed by atoms with E-state index >= 15 is 0 Å². The van der Waals surface area contributed by atoms with E-state index in [4.69, 9.17) is 9.47 Å². The summed E-state index contributed by atoms with van der Waals surface area (Å²) in [6.07, 6.45) is 7.86. The van der Waals surface area contributed by atoms with Crippen molar-refractivity contribution in [1.29, 1.82) is 0 Å². The van der Waals surface area contributed by atoms with Gasteiger partial charge in [-0.2, -0.15) is 0 Å². The van der Waals surface area contributed by atoms with Gasteiger partial charge in [0.05, 0.1) is 25.9 Å². The fraction of sp³-hybridized carbons (Fsp3) is 0.941. The molecule has 1 rings (SSSR count). The first-order chi connectivity index (χ1) is 10.7. The minimum absolute atomic E-state index is 0.0752. The van der Waals surface area contributed by atoms with Crippen LogP contribution in [-0.4, -0.2) is 61.5 Å². The first kappa shape index (κ1) is 19.4. The fourth-order valence-corrected chi connectivity index (χ4v) is 2.76. The number of nitrogens with zero attached hydrogens (tertiary/aromatic N) is 1. The number of esters is 1. The lowest BCUT2D eigenvalue weighted by Crippen LogP contribution is -2.40. The van der Waals surface area contributed by atoms with Gasteiger partial charge < -0.3 is 14.6 Å². The smallest absolute Gasteiger partial charge is 0.305 e. The van der Waals surface area contributed by atoms with Crippen molar-refractivity contribution in [1.82, 2.24) is 4.90 Å². The molecular formula is C17H33NO4. The molecule has 0 radical (unpaired) electrons. The summed E-state index contributed by atoms with van der Waals surface area (Å²) in [7, 11) is 0. The zero-order valence-corrected chi connectivity index (χ0v) is 14.1. The Morgan fingerprint density at radius 3 is 2.45 bits per heavy atom. The molecule has 1 saturated heterocycles. The van der Waals surface area contributed by atoms with Crippen LogP contribution in [0.4, 0.5) is 0 Å². The van der Waals surface area contributed by atoms with Crippen molar-refractivity contribution in [2.45, 2.75) is 64.4 Å². The van der Waals surface area contributed by atoms with Gasteiger partial charge in [-0.25, -0.2) is 0 Å². The van der Waals surface area contributed by atoms with Gasteiger partial charge in [0.15, 0.2) is 0 Å². The molecule has 0 aromatic carbocycles. The zero-order valence-electron chi connectivity index (χ0n) is 14.1. The Morgan fingerprint density at radius 2 is 1.77 bits per heavy atom. The Hall–Kier alpha value is -0.650. The summed E-state index contributed by atoms with van der Waals surface area (Å²) in [6.45, 7) is 6.56. The van der Waals surface area contributed by atoms with Crippen molar-refractivity contribution in [3.8, 4) is 0 Å². The molecule has 0 aliphatic carbocycles. The van der Waals surface area contributed by atoms with Gasteiger partial charge in [-0.3, -0.25) is 9.69 Å². The van der Waals surface area contributed by atoms with E-state index in [0.29, 0.717) is 13.0 Å². The molecule has 0 bridgehead atoms. The Bertz CT molecular complexity index is 280. The van der Waals surface area contributed by atoms with E-state index < -0.39 is 0 Å². The summed E-state index contributed by atoms with van der Waals surface area (Å²) >= 11 is 0. The zero-order chi connectivity index (χ0) is 16.0. The molecular weight excluding hydrogens is 282 g/mol. The molecule has 5 nitrogen and oxygen atoms in total. The minimum Gasteiger partial charge on any atom is -0.466 e. The van der Waals surface area contributed by atoms with Gasteiger partial charge in [-0.1, -0.05) is 32.1 Å². The van der Waals surface area contributed by atoms with Crippen molar-refractivity contribution >= 4 is 5.97 Å². The van der Waals surface area contributed by atoms with Crippen LogP contribution in [-0.2, 0) is 14.3 Å². The number of ether oxygens (including phenoxy) is 2. The number of hydrogen-bond donors (Lipinski definition) is 1. The van der Waals surface area contributed by atoms with Crippen molar-refractivity contribution in [3.05, 3.63) is 0 Å². The molecule has 0 unspecified atom stereocenters. The second kappa shape index (κ2) is 12.9. The van der Waals surface area contributed by atoms with Crippen LogP contribution in [0.15, 0.2) is 0 Å². The molecule has 1 aliphatic heterocycles. The molecule has 1 heterocycles. The largest absolute Gasteiger partial charge is 0.466 e. The van der Waals surface area contributed by atoms with Gasteiger partial charge in [0.1, 0.15) is 0 Å². The summed E-state index contributed by atoms with van der Waals surface area (Å²) in [4.78, 5) is 13.4. The average Bonchev–Trinajstić information content (AvgIpc) is 2.51. The van der Waals surface area contributed by atoms with Crippen molar-refractivity contribution in [2.75, 3.05) is 39.5 Å². The molecule has 0 saturated carbocycles. The van der Waals surface area contributed by atoms with Gasteiger partial charge >= 0.3 is 5.97 Å². The van der Waals surface area contributed by atoms with Crippen molar-refractivity contribution in [2.24, 2.45) is 0 Å². The lowest BCUT2D eigenvalue weighted by Gasteiger charge is -2.28. The summed E-state index contributed by atoms with van der Waals surface area (Å²) in [5.41, 5.74) is 0. The molecule has 0 spiro atoms. The van der Waals surface area contributed by atoms with E-state index in [1.54, 1.807) is 0 Å². The maximum atomic E-state index is 11.2. The number of hydrogen-bond acceptors (Lipinski definition) is 5. The predicted octanol–water partition coefficient (Wildman–Crippen LogP) is 2.36. The standard InChI is InChI=1S/C17H33NO4/c1-2-22-17(20)10-8-6-4-3-5-7-9-16(19)15-18-11-13-21-14-12-18/h16,19H,2-15H2,1H3/t16-/m0/s1. The van der Waals surface area contributed by atoms with E-state index in [2.05, 4.69) is 4.90 Å². The molecule has 130 valence electrons. The summed E-state index contributed by atoms with van der Waals surface area (Å²) in [6, 6.07) is 0. The van der Waals surface area contributed by atoms with Crippen LogP contribution in [0.25, 0.3) is 0 Å². The molecule has 1 atom stereocenters. The van der Waals surface area contributed by atoms with Crippen LogP contribution < -0.4 is 0 Å². The third kappa shape index (κ3) is 10.1. The lowest BCUT2D eigenvalue weighted by atomic mass is 10.1. The first-order valence-corrected chi connectivity index (χ1v) is 8.86. The molecule has 1 fully saturated rings. The highest BCUT2D eigenvalue weighted by Crippen LogP contribution is 2.11. The number of β-amino-alcohol motifs (C(OH)–C–C–N with tert-alkyl or cyclic N) is 1. The second-order valence-corrected chi connectivity index (χ2v) is 6.03. The molecule has 5 heteroatoms. The Balaban J connectivity index is 1.85. The van der Waals surface area contributed by atoms with E-state index in [-0.39, 0.29) is 12.1 Å². The lowest BCUT2D eigenvalue weighted by molar-refractivity contribution is -0.143. The Labute approximate surface area is 135 Å². The van der Waals surface area contributed by atoms with E-state index in [1.807, 2.05) is 6.92 Å². The summed E-state index contributed by atoms with van der Waals surface area (Å²) < 4.78 is 10.2. The maximum Gasteiger partial charge on any atom is 0.305 e. The predicted molar refractivity (Wildman–Crippen MR) is 86.8 cm³/mol. The Morgan fingerprint density at radius 1 is 1.14 bits per heavy atom. The van der Waals surface area contributed by atoms with Crippen LogP contribution in [0.1, 0.15) is 58.3 Å². The van der Waals surface area contributed by atoms with Crippen molar-refractivity contribution < 1.29 is 19.4 Å². The number of unbranched alkanes of at least 4 members (excludes halogenated alkanes) is 5. The van der Waals surface area contributed by atoms with Gasteiger partial charge in [0.2, 0.25) is 0 Å². The van der Waals surface area contributed by atoms with Gasteiger partial charge in [-0.15, -0.1) is 0 Å². The van der Waals surface area contributed by atoms with Gasteiger partial charge in [0, 0.05) is 26.1 Å². The average molecular weight is 315 g/mol. The number of carbonyl (C=O) groups is 1. The number of carbonyl (C=O) groups excluding carboxylic acids is 1. The topological polar surface area (TPSA) is 59.0 Å². The molecule has 1 aliphatic rings. The van der Waals surface area contributed by atoms with E-state index in [1.165, 1.54) is 19.3 Å². The number of aliphatic hydroxyl groups excluding tert-OH is 1. The van der Waals surface area contributed by atoms with Crippen LogP contribution in [0.2, 0.25) is 0 Å². The van der Waals surface area contributed by atoms with Crippen LogP contribution >= 0.6 is 0 Å². The highest BCUT2D eigenvalue weighted by molar-refractivity contribution is 5.69.